The minimum absolute atomic E-state index is 0.230. The van der Waals surface area contributed by atoms with Gasteiger partial charge in [0, 0.05) is 16.3 Å². The largest absolute Gasteiger partial charge is 0.507 e. The topological polar surface area (TPSA) is 32.6 Å². The van der Waals surface area contributed by atoms with Gasteiger partial charge in [0.25, 0.3) is 0 Å². The van der Waals surface area contributed by atoms with Gasteiger partial charge in [-0.25, -0.2) is 0 Å². The average Bonchev–Trinajstić information content (AvgIpc) is 2.40. The van der Waals surface area contributed by atoms with Crippen LogP contribution in [0, 0.1) is 0 Å². The Bertz CT molecular complexity index is 578. The molecule has 0 aliphatic carbocycles. The van der Waals surface area contributed by atoms with E-state index >= 15 is 0 Å². The maximum atomic E-state index is 9.70. The Kier molecular flexibility index (Phi) is 4.15. The first kappa shape index (κ1) is 12.8. The molecule has 2 aromatic carbocycles. The van der Waals surface area contributed by atoms with Gasteiger partial charge < -0.3 is 5.11 Å². The van der Waals surface area contributed by atoms with Crippen molar-refractivity contribution < 1.29 is 5.11 Å². The van der Waals surface area contributed by atoms with Crippen molar-refractivity contribution in [2.24, 2.45) is 4.99 Å². The van der Waals surface area contributed by atoms with Crippen LogP contribution in [0.5, 0.6) is 5.75 Å². The number of phenols is 1. The fraction of sp³-hybridized carbons (Fsp3) is 0.133. The molecule has 2 rings (SSSR count). The first-order valence-corrected chi connectivity index (χ1v) is 6.60. The molecular weight excluding hydrogens is 290 g/mol. The van der Waals surface area contributed by atoms with Crippen LogP contribution in [0.2, 0.25) is 0 Å². The van der Waals surface area contributed by atoms with E-state index in [-0.39, 0.29) is 5.75 Å². The van der Waals surface area contributed by atoms with Crippen LogP contribution in [0.15, 0.2) is 51.9 Å². The van der Waals surface area contributed by atoms with E-state index < -0.39 is 0 Å². The summed E-state index contributed by atoms with van der Waals surface area (Å²) in [6, 6.07) is 13.3. The van der Waals surface area contributed by atoms with Crippen LogP contribution in [0.3, 0.4) is 0 Å². The molecule has 0 bridgehead atoms. The summed E-state index contributed by atoms with van der Waals surface area (Å²) in [6.07, 6.45) is 2.67. The predicted octanol–water partition coefficient (Wildman–Crippen LogP) is 4.47. The number of phenolic OH excluding ortho intramolecular Hbond substituents is 1. The maximum Gasteiger partial charge on any atom is 0.124 e. The van der Waals surface area contributed by atoms with Crippen molar-refractivity contribution in [2.75, 3.05) is 0 Å². The van der Waals surface area contributed by atoms with Crippen LogP contribution >= 0.6 is 15.9 Å². The molecular formula is C15H14BrNO. The molecule has 0 heterocycles. The number of aryl methyl sites for hydroxylation is 1. The van der Waals surface area contributed by atoms with Crippen molar-refractivity contribution in [3.63, 3.8) is 0 Å². The third-order valence-corrected chi connectivity index (χ3v) is 3.15. The van der Waals surface area contributed by atoms with Gasteiger partial charge in [-0.3, -0.25) is 4.99 Å². The smallest absolute Gasteiger partial charge is 0.124 e. The van der Waals surface area contributed by atoms with E-state index in [2.05, 4.69) is 33.9 Å². The molecule has 0 radical (unpaired) electrons. The Labute approximate surface area is 115 Å². The van der Waals surface area contributed by atoms with Crippen molar-refractivity contribution in [1.82, 2.24) is 0 Å². The van der Waals surface area contributed by atoms with Crippen molar-refractivity contribution in [3.05, 3.63) is 58.1 Å². The number of hydrogen-bond acceptors (Lipinski definition) is 2. The Hall–Kier alpha value is -1.61. The third kappa shape index (κ3) is 3.20. The summed E-state index contributed by atoms with van der Waals surface area (Å²) < 4.78 is 0.920. The van der Waals surface area contributed by atoms with Crippen molar-refractivity contribution in [2.45, 2.75) is 13.3 Å². The summed E-state index contributed by atoms with van der Waals surface area (Å²) in [5.74, 6) is 0.230. The normalized spacial score (nSPS) is 11.0. The molecule has 0 fully saturated rings. The van der Waals surface area contributed by atoms with Gasteiger partial charge in [0.05, 0.1) is 5.69 Å². The van der Waals surface area contributed by atoms with Gasteiger partial charge in [-0.1, -0.05) is 35.0 Å². The van der Waals surface area contributed by atoms with Gasteiger partial charge in [0.1, 0.15) is 5.75 Å². The molecule has 1 N–H and O–H groups in total. The van der Waals surface area contributed by atoms with Gasteiger partial charge in [0.2, 0.25) is 0 Å². The monoisotopic (exact) mass is 303 g/mol. The molecule has 2 aromatic rings. The number of benzene rings is 2. The summed E-state index contributed by atoms with van der Waals surface area (Å²) >= 11 is 3.37. The highest BCUT2D eigenvalue weighted by atomic mass is 79.9. The summed E-state index contributed by atoms with van der Waals surface area (Å²) in [6.45, 7) is 2.11. The van der Waals surface area contributed by atoms with Crippen LogP contribution in [-0.2, 0) is 6.42 Å². The molecule has 92 valence electrons. The zero-order valence-corrected chi connectivity index (χ0v) is 11.7. The molecule has 0 aromatic heterocycles. The van der Waals surface area contributed by atoms with E-state index in [0.717, 1.165) is 16.6 Å². The van der Waals surface area contributed by atoms with Gasteiger partial charge in [0.15, 0.2) is 0 Å². The fourth-order valence-corrected chi connectivity index (χ4v) is 2.01. The molecule has 0 unspecified atom stereocenters. The minimum atomic E-state index is 0.230. The van der Waals surface area contributed by atoms with Crippen LogP contribution < -0.4 is 0 Å². The van der Waals surface area contributed by atoms with Crippen molar-refractivity contribution >= 4 is 27.8 Å². The fourth-order valence-electron chi connectivity index (χ4n) is 1.63. The summed E-state index contributed by atoms with van der Waals surface area (Å²) in [7, 11) is 0. The number of rotatable bonds is 3. The second-order valence-electron chi connectivity index (χ2n) is 3.98. The summed E-state index contributed by atoms with van der Waals surface area (Å²) in [4.78, 5) is 4.38. The number of aliphatic imine (C=N–C) groups is 1. The molecule has 0 atom stereocenters. The van der Waals surface area contributed by atoms with E-state index in [0.29, 0.717) is 5.56 Å². The van der Waals surface area contributed by atoms with E-state index in [1.165, 1.54) is 5.56 Å². The van der Waals surface area contributed by atoms with Gasteiger partial charge in [-0.15, -0.1) is 0 Å². The molecule has 0 spiro atoms. The number of aromatic hydroxyl groups is 1. The lowest BCUT2D eigenvalue weighted by atomic mass is 10.1. The van der Waals surface area contributed by atoms with Gasteiger partial charge in [-0.2, -0.15) is 0 Å². The summed E-state index contributed by atoms with van der Waals surface area (Å²) in [5.41, 5.74) is 2.85. The Morgan fingerprint density at radius 1 is 1.22 bits per heavy atom. The Morgan fingerprint density at radius 2 is 2.06 bits per heavy atom. The van der Waals surface area contributed by atoms with E-state index in [1.54, 1.807) is 18.3 Å². The molecule has 0 aliphatic rings. The van der Waals surface area contributed by atoms with Crippen LogP contribution in [-0.4, -0.2) is 11.3 Å². The Balaban J connectivity index is 2.26. The highest BCUT2D eigenvalue weighted by molar-refractivity contribution is 9.10. The second kappa shape index (κ2) is 5.83. The molecule has 0 amide bonds. The third-order valence-electron chi connectivity index (χ3n) is 2.66. The van der Waals surface area contributed by atoms with Gasteiger partial charge in [-0.05, 0) is 42.3 Å². The van der Waals surface area contributed by atoms with E-state index in [1.807, 2.05) is 24.3 Å². The lowest BCUT2D eigenvalue weighted by Crippen LogP contribution is -1.83. The van der Waals surface area contributed by atoms with Crippen LogP contribution in [0.1, 0.15) is 18.1 Å². The van der Waals surface area contributed by atoms with Crippen molar-refractivity contribution in [1.29, 1.82) is 0 Å². The SMILES string of the molecule is CCc1cccc(N=Cc2cc(Br)ccc2O)c1. The van der Waals surface area contributed by atoms with Crippen LogP contribution in [0.25, 0.3) is 0 Å². The first-order chi connectivity index (χ1) is 8.69. The molecule has 3 heteroatoms. The highest BCUT2D eigenvalue weighted by Crippen LogP contribution is 2.21. The second-order valence-corrected chi connectivity index (χ2v) is 4.90. The number of halogens is 1. The van der Waals surface area contributed by atoms with Crippen molar-refractivity contribution in [3.8, 4) is 5.75 Å². The minimum Gasteiger partial charge on any atom is -0.507 e. The standard InChI is InChI=1S/C15H14BrNO/c1-2-11-4-3-5-14(8-11)17-10-12-9-13(16)6-7-15(12)18/h3-10,18H,2H2,1H3. The quantitative estimate of drug-likeness (QED) is 0.834. The van der Waals surface area contributed by atoms with E-state index in [9.17, 15) is 5.11 Å². The molecule has 0 aliphatic heterocycles. The van der Waals surface area contributed by atoms with E-state index in [4.69, 9.17) is 0 Å². The average molecular weight is 304 g/mol. The van der Waals surface area contributed by atoms with Gasteiger partial charge >= 0.3 is 0 Å². The molecule has 0 saturated heterocycles. The molecule has 0 saturated carbocycles. The predicted molar refractivity (Wildman–Crippen MR) is 78.9 cm³/mol. The number of hydrogen-bond donors (Lipinski definition) is 1. The first-order valence-electron chi connectivity index (χ1n) is 5.80. The van der Waals surface area contributed by atoms with Crippen LogP contribution in [0.4, 0.5) is 5.69 Å². The zero-order valence-electron chi connectivity index (χ0n) is 10.1. The molecule has 18 heavy (non-hydrogen) atoms. The lowest BCUT2D eigenvalue weighted by Gasteiger charge is -2.00. The maximum absolute atomic E-state index is 9.70. The zero-order chi connectivity index (χ0) is 13.0. The highest BCUT2D eigenvalue weighted by Gasteiger charge is 1.99. The lowest BCUT2D eigenvalue weighted by molar-refractivity contribution is 0.474. The molecule has 2 nitrogen and oxygen atoms in total. The Morgan fingerprint density at radius 3 is 2.83 bits per heavy atom. The number of nitrogens with zero attached hydrogens (tertiary/aromatic N) is 1. The summed E-state index contributed by atoms with van der Waals surface area (Å²) in [5, 5.41) is 9.70.